The van der Waals surface area contributed by atoms with Gasteiger partial charge in [-0.2, -0.15) is 0 Å². The smallest absolute Gasteiger partial charge is 0.212 e. The van der Waals surface area contributed by atoms with Gasteiger partial charge in [-0.05, 0) is 6.92 Å². The average molecular weight is 93.1 g/mol. The summed E-state index contributed by atoms with van der Waals surface area (Å²) in [6, 6.07) is 0. The molecule has 0 bridgehead atoms. The molecule has 0 spiro atoms. The summed E-state index contributed by atoms with van der Waals surface area (Å²) in [5.41, 5.74) is 0. The van der Waals surface area contributed by atoms with Crippen molar-refractivity contribution in [2.75, 3.05) is 0 Å². The van der Waals surface area contributed by atoms with Crippen LogP contribution in [0, 0.1) is 0 Å². The number of ketones is 1. The van der Waals surface area contributed by atoms with Gasteiger partial charge in [0, 0.05) is 0 Å². The molecule has 0 fully saturated rings. The quantitative estimate of drug-likeness (QED) is 0.319. The van der Waals surface area contributed by atoms with Crippen LogP contribution >= 0.6 is 0 Å². The fourth-order valence-electron chi connectivity index (χ4n) is 0. The van der Waals surface area contributed by atoms with E-state index >= 15 is 0 Å². The van der Waals surface area contributed by atoms with Gasteiger partial charge >= 0.3 is 0 Å². The van der Waals surface area contributed by atoms with Crippen molar-refractivity contribution in [3.05, 3.63) is 0 Å². The lowest BCUT2D eigenvalue weighted by Gasteiger charge is -1.90. The van der Waals surface area contributed by atoms with Gasteiger partial charge in [0.25, 0.3) is 0 Å². The Kier molecular flexibility index (Phi) is 1.76. The number of Topliss-reactive ketones (excluding diaryl/α,β-unsaturated/α-hetero) is 1. The minimum atomic E-state index is -1.79. The summed E-state index contributed by atoms with van der Waals surface area (Å²) in [6.45, 7) is 1.10. The van der Waals surface area contributed by atoms with Gasteiger partial charge in [-0.3, -0.25) is 4.79 Å². The molecule has 0 aliphatic rings. The Morgan fingerprint density at radius 1 is 1.67 bits per heavy atom. The molecule has 0 aromatic rings. The fourth-order valence-corrected chi connectivity index (χ4v) is 0. The molecule has 0 saturated heterocycles. The Bertz CT molecular complexity index is 57.1. The van der Waals surface area contributed by atoms with Crippen LogP contribution in [0.4, 0.5) is 0 Å². The topological polar surface area (TPSA) is 57.5 Å². The highest BCUT2D eigenvalue weighted by atomic mass is 16.6. The molecule has 6 heavy (non-hydrogen) atoms. The van der Waals surface area contributed by atoms with Crippen LogP contribution in [0.25, 0.3) is 0 Å². The van der Waals surface area contributed by atoms with Crippen LogP contribution in [-0.2, 0) is 4.79 Å². The molecule has 36 valence electrons. The Morgan fingerprint density at radius 2 is 1.83 bits per heavy atom. The Hall–Kier alpha value is -0.410. The third kappa shape index (κ3) is 1.87. The van der Waals surface area contributed by atoms with E-state index in [4.69, 9.17) is 10.2 Å². The molecule has 2 N–H and O–H groups in total. The minimum absolute atomic E-state index is 0.630. The number of carbonyl (C=O) groups excluding carboxylic acids is 1. The van der Waals surface area contributed by atoms with Gasteiger partial charge in [0.15, 0.2) is 5.78 Å². The lowest BCUT2D eigenvalue weighted by molar-refractivity contribution is -0.142. The number of aliphatic hydroxyl groups is 2. The minimum Gasteiger partial charge on any atom is -0.362 e. The van der Waals surface area contributed by atoms with E-state index in [1.54, 1.807) is 0 Å². The summed E-state index contributed by atoms with van der Waals surface area (Å²) >= 11 is 0. The van der Waals surface area contributed by atoms with Gasteiger partial charge in [0.05, 0.1) is 0 Å². The molecule has 0 aromatic carbocycles. The molecule has 0 unspecified atom stereocenters. The van der Waals surface area contributed by atoms with Gasteiger partial charge in [0.2, 0.25) is 6.29 Å². The predicted molar refractivity (Wildman–Crippen MR) is 18.9 cm³/mol. The zero-order valence-electron chi connectivity index (χ0n) is 3.38. The molecule has 0 aromatic heterocycles. The van der Waals surface area contributed by atoms with E-state index in [0.29, 0.717) is 0 Å². The van der Waals surface area contributed by atoms with Gasteiger partial charge in [0.1, 0.15) is 0 Å². The zero-order chi connectivity index (χ0) is 5.15. The third-order valence-corrected chi connectivity index (χ3v) is 0.364. The van der Waals surface area contributed by atoms with E-state index in [1.807, 2.05) is 0 Å². The Balaban J connectivity index is 3.26. The predicted octanol–water partition coefficient (Wildman–Crippen LogP) is -1.11. The highest BCUT2D eigenvalue weighted by Gasteiger charge is 1.99. The first-order chi connectivity index (χ1) is 2.64. The molecule has 0 saturated carbocycles. The molecule has 0 aliphatic carbocycles. The van der Waals surface area contributed by atoms with Crippen molar-refractivity contribution in [2.24, 2.45) is 0 Å². The number of rotatable bonds is 1. The SMILES string of the molecule is [13CH3][13C](=O)[13CH](O)O. The number of hydrogen-bond acceptors (Lipinski definition) is 3. The Morgan fingerprint density at radius 3 is 1.83 bits per heavy atom. The lowest BCUT2D eigenvalue weighted by Crippen LogP contribution is -2.14. The average Bonchev–Trinajstić information content (AvgIpc) is 1.36. The number of carbonyl (C=O) groups is 1. The van der Waals surface area contributed by atoms with Crippen LogP contribution in [-0.4, -0.2) is 22.3 Å². The highest BCUT2D eigenvalue weighted by molar-refractivity contribution is 5.78. The fraction of sp³-hybridized carbons (Fsp3) is 0.667. The summed E-state index contributed by atoms with van der Waals surface area (Å²) in [5.74, 6) is -0.630. The first-order valence-corrected chi connectivity index (χ1v) is 1.51. The zero-order valence-corrected chi connectivity index (χ0v) is 3.38. The van der Waals surface area contributed by atoms with E-state index in [2.05, 4.69) is 0 Å². The van der Waals surface area contributed by atoms with Gasteiger partial charge in [-0.1, -0.05) is 0 Å². The van der Waals surface area contributed by atoms with Crippen LogP contribution in [0.3, 0.4) is 0 Å². The largest absolute Gasteiger partial charge is 0.362 e. The molecule has 0 rings (SSSR count). The molecular formula is C3H6O3. The number of hydrogen-bond donors (Lipinski definition) is 2. The lowest BCUT2D eigenvalue weighted by atomic mass is 11.4. The van der Waals surface area contributed by atoms with Crippen molar-refractivity contribution in [3.63, 3.8) is 0 Å². The van der Waals surface area contributed by atoms with Gasteiger partial charge in [-0.25, -0.2) is 0 Å². The van der Waals surface area contributed by atoms with E-state index in [-0.39, 0.29) is 0 Å². The second-order valence-electron chi connectivity index (χ2n) is 0.984. The standard InChI is InChI=1S/C3H6O3/c1-2(4)3(5)6/h3,5-6H,1H3/i1+1,2+1,3+1. The van der Waals surface area contributed by atoms with Crippen molar-refractivity contribution < 1.29 is 15.0 Å². The van der Waals surface area contributed by atoms with Crippen molar-refractivity contribution in [2.45, 2.75) is 13.2 Å². The molecule has 0 radical (unpaired) electrons. The van der Waals surface area contributed by atoms with Crippen LogP contribution in [0.2, 0.25) is 0 Å². The summed E-state index contributed by atoms with van der Waals surface area (Å²) in [7, 11) is 0. The molecule has 0 atom stereocenters. The maximum atomic E-state index is 9.64. The normalized spacial score (nSPS) is 9.33. The maximum absolute atomic E-state index is 9.64. The summed E-state index contributed by atoms with van der Waals surface area (Å²) in [6.07, 6.45) is -1.79. The first kappa shape index (κ1) is 5.59. The molecule has 3 nitrogen and oxygen atoms in total. The van der Waals surface area contributed by atoms with Crippen molar-refractivity contribution in [1.82, 2.24) is 0 Å². The van der Waals surface area contributed by atoms with E-state index in [0.717, 1.165) is 6.92 Å². The van der Waals surface area contributed by atoms with Crippen LogP contribution in [0.5, 0.6) is 0 Å². The monoisotopic (exact) mass is 93.0 g/mol. The number of aliphatic hydroxyl groups excluding tert-OH is 1. The van der Waals surface area contributed by atoms with Crippen LogP contribution in [0.15, 0.2) is 0 Å². The van der Waals surface area contributed by atoms with Crippen molar-refractivity contribution in [3.8, 4) is 0 Å². The molecular weight excluding hydrogens is 87.0 g/mol. The Labute approximate surface area is 35.2 Å². The van der Waals surface area contributed by atoms with Crippen LogP contribution in [0.1, 0.15) is 6.92 Å². The second kappa shape index (κ2) is 1.89. The molecule has 3 heteroatoms. The van der Waals surface area contributed by atoms with E-state index in [1.165, 1.54) is 0 Å². The summed E-state index contributed by atoms with van der Waals surface area (Å²) in [4.78, 5) is 9.64. The third-order valence-electron chi connectivity index (χ3n) is 0.364. The second-order valence-corrected chi connectivity index (χ2v) is 0.984. The van der Waals surface area contributed by atoms with Gasteiger partial charge < -0.3 is 10.2 Å². The van der Waals surface area contributed by atoms with E-state index < -0.39 is 12.1 Å². The van der Waals surface area contributed by atoms with Crippen LogP contribution < -0.4 is 0 Å². The van der Waals surface area contributed by atoms with Gasteiger partial charge in [-0.15, -0.1) is 0 Å². The summed E-state index contributed by atoms with van der Waals surface area (Å²) < 4.78 is 0. The summed E-state index contributed by atoms with van der Waals surface area (Å²) in [5, 5.41) is 15.7. The maximum Gasteiger partial charge on any atom is 0.212 e. The first-order valence-electron chi connectivity index (χ1n) is 1.51. The molecule has 0 aliphatic heterocycles. The van der Waals surface area contributed by atoms with E-state index in [9.17, 15) is 4.79 Å². The van der Waals surface area contributed by atoms with Crippen molar-refractivity contribution >= 4 is 5.78 Å². The molecule has 0 amide bonds. The van der Waals surface area contributed by atoms with Crippen molar-refractivity contribution in [1.29, 1.82) is 0 Å². The highest BCUT2D eigenvalue weighted by Crippen LogP contribution is 1.72. The molecule has 0 heterocycles.